The van der Waals surface area contributed by atoms with Gasteiger partial charge in [0.2, 0.25) is 0 Å². The number of nitrogens with two attached hydrogens (primary N) is 2. The predicted octanol–water partition coefficient (Wildman–Crippen LogP) is 0.559. The summed E-state index contributed by atoms with van der Waals surface area (Å²) in [7, 11) is 0. The molecule has 0 atom stereocenters. The summed E-state index contributed by atoms with van der Waals surface area (Å²) in [4.78, 5) is 0. The number of thioether (sulfide) groups is 2. The number of hydrogen-bond acceptors (Lipinski definition) is 4. The van der Waals surface area contributed by atoms with E-state index < -0.39 is 0 Å². The Morgan fingerprint density at radius 3 is 1.45 bits per heavy atom. The van der Waals surface area contributed by atoms with Crippen LogP contribution in [0.2, 0.25) is 0 Å². The summed E-state index contributed by atoms with van der Waals surface area (Å²) in [5.74, 6) is 1.74. The zero-order valence-corrected chi connectivity index (χ0v) is 12.6. The summed E-state index contributed by atoms with van der Waals surface area (Å²) < 4.78 is 0.951. The predicted molar refractivity (Wildman–Crippen MR) is 64.2 cm³/mol. The van der Waals surface area contributed by atoms with E-state index >= 15 is 0 Å². The summed E-state index contributed by atoms with van der Waals surface area (Å²) in [6.45, 7) is 0. The van der Waals surface area contributed by atoms with Crippen molar-refractivity contribution in [3.05, 3.63) is 0 Å². The topological polar surface area (TPSA) is 52.0 Å². The third-order valence-corrected chi connectivity index (χ3v) is 2.92. The Morgan fingerprint density at radius 2 is 1.27 bits per heavy atom. The van der Waals surface area contributed by atoms with Crippen molar-refractivity contribution >= 4 is 108 Å². The fraction of sp³-hybridized carbons (Fsp3) is 0.500. The van der Waals surface area contributed by atoms with Crippen molar-refractivity contribution in [3.8, 4) is 0 Å². The van der Waals surface area contributed by atoms with Crippen LogP contribution in [-0.4, -0.2) is 71.5 Å². The van der Waals surface area contributed by atoms with Gasteiger partial charge in [0, 0.05) is 62.9 Å². The van der Waals surface area contributed by atoms with Crippen molar-refractivity contribution < 1.29 is 0 Å². The van der Waals surface area contributed by atoms with Crippen molar-refractivity contribution in [2.75, 3.05) is 11.5 Å². The van der Waals surface area contributed by atoms with Gasteiger partial charge in [-0.25, -0.2) is 0 Å². The van der Waals surface area contributed by atoms with Gasteiger partial charge in [0.25, 0.3) is 0 Å². The molecular formula is C4H8KN2S4. The van der Waals surface area contributed by atoms with Crippen LogP contribution in [-0.2, 0) is 0 Å². The molecule has 0 spiro atoms. The van der Waals surface area contributed by atoms with E-state index in [0.29, 0.717) is 8.64 Å². The molecule has 0 rings (SSSR count). The summed E-state index contributed by atoms with van der Waals surface area (Å²) in [5, 5.41) is 0. The Balaban J connectivity index is 0. The monoisotopic (exact) mass is 251 g/mol. The van der Waals surface area contributed by atoms with Gasteiger partial charge in [-0.2, -0.15) is 0 Å². The molecule has 7 heteroatoms. The van der Waals surface area contributed by atoms with Crippen LogP contribution in [0.4, 0.5) is 0 Å². The van der Waals surface area contributed by atoms with E-state index in [1.807, 2.05) is 0 Å². The molecular weight excluding hydrogens is 243 g/mol. The third kappa shape index (κ3) is 14.9. The minimum Gasteiger partial charge on any atom is -0.385 e. The van der Waals surface area contributed by atoms with Crippen LogP contribution in [0.3, 0.4) is 0 Å². The van der Waals surface area contributed by atoms with Crippen LogP contribution in [0.15, 0.2) is 0 Å². The van der Waals surface area contributed by atoms with Gasteiger partial charge in [-0.05, 0) is 0 Å². The van der Waals surface area contributed by atoms with Gasteiger partial charge in [0.15, 0.2) is 0 Å². The van der Waals surface area contributed by atoms with E-state index in [2.05, 4.69) is 24.4 Å². The van der Waals surface area contributed by atoms with Crippen molar-refractivity contribution in [1.29, 1.82) is 0 Å². The average Bonchev–Trinajstić information content (AvgIpc) is 1.79. The van der Waals surface area contributed by atoms with E-state index in [9.17, 15) is 0 Å². The van der Waals surface area contributed by atoms with Crippen molar-refractivity contribution in [1.82, 2.24) is 0 Å². The molecule has 0 amide bonds. The summed E-state index contributed by atoms with van der Waals surface area (Å²) >= 11 is 12.2. The Bertz CT molecular complexity index is 124. The summed E-state index contributed by atoms with van der Waals surface area (Å²) in [6.07, 6.45) is 0. The standard InChI is InChI=1S/C4H8N2S4.K/c5-3(7)9-1-2-10-4(6)8;/h1-2H2,(H2,5,7)(H2,6,8);. The van der Waals surface area contributed by atoms with Crippen LogP contribution in [0.5, 0.6) is 0 Å². The summed E-state index contributed by atoms with van der Waals surface area (Å²) in [5.41, 5.74) is 10.5. The molecule has 4 N–H and O–H groups in total. The molecule has 0 aromatic heterocycles. The maximum absolute atomic E-state index is 5.23. The van der Waals surface area contributed by atoms with Gasteiger partial charge in [-0.1, -0.05) is 48.0 Å². The molecule has 0 aromatic rings. The zero-order chi connectivity index (χ0) is 7.98. The van der Waals surface area contributed by atoms with Crippen LogP contribution in [0.1, 0.15) is 0 Å². The van der Waals surface area contributed by atoms with E-state index in [-0.39, 0.29) is 51.4 Å². The van der Waals surface area contributed by atoms with E-state index in [1.54, 1.807) is 0 Å². The zero-order valence-electron chi connectivity index (χ0n) is 6.20. The molecule has 0 saturated carbocycles. The molecule has 0 aliphatic rings. The van der Waals surface area contributed by atoms with Crippen molar-refractivity contribution in [2.24, 2.45) is 11.5 Å². The molecule has 0 unspecified atom stereocenters. The van der Waals surface area contributed by atoms with Crippen LogP contribution >= 0.6 is 48.0 Å². The first kappa shape index (κ1) is 15.6. The molecule has 0 heterocycles. The van der Waals surface area contributed by atoms with Gasteiger partial charge in [-0.15, -0.1) is 0 Å². The molecule has 0 aliphatic carbocycles. The molecule has 0 fully saturated rings. The minimum absolute atomic E-state index is 0. The van der Waals surface area contributed by atoms with E-state index in [0.717, 1.165) is 11.5 Å². The molecule has 0 aliphatic heterocycles. The number of rotatable bonds is 3. The third-order valence-electron chi connectivity index (χ3n) is 0.572. The average molecular weight is 251 g/mol. The van der Waals surface area contributed by atoms with Gasteiger partial charge >= 0.3 is 0 Å². The largest absolute Gasteiger partial charge is 0.385 e. The smallest absolute Gasteiger partial charge is 0.131 e. The summed E-state index contributed by atoms with van der Waals surface area (Å²) in [6, 6.07) is 0. The first-order valence-corrected chi connectivity index (χ1v) is 5.26. The van der Waals surface area contributed by atoms with Crippen LogP contribution in [0, 0.1) is 0 Å². The SMILES string of the molecule is NC(=S)SCCSC(N)=S.[K]. The normalized spacial score (nSPS) is 8.36. The second-order valence-electron chi connectivity index (χ2n) is 1.33. The molecule has 11 heavy (non-hydrogen) atoms. The van der Waals surface area contributed by atoms with Crippen molar-refractivity contribution in [3.63, 3.8) is 0 Å². The molecule has 0 bridgehead atoms. The Kier molecular flexibility index (Phi) is 14.4. The van der Waals surface area contributed by atoms with Gasteiger partial charge in [0.1, 0.15) is 8.64 Å². The molecule has 2 nitrogen and oxygen atoms in total. The number of thiocarbonyl (C=S) groups is 2. The van der Waals surface area contributed by atoms with Crippen LogP contribution in [0.25, 0.3) is 0 Å². The molecule has 1 radical (unpaired) electrons. The van der Waals surface area contributed by atoms with Gasteiger partial charge in [0.05, 0.1) is 0 Å². The first-order chi connectivity index (χ1) is 4.63. The van der Waals surface area contributed by atoms with Crippen LogP contribution < -0.4 is 11.5 Å². The maximum atomic E-state index is 5.23. The Morgan fingerprint density at radius 1 is 1.00 bits per heavy atom. The maximum Gasteiger partial charge on any atom is 0.131 e. The first-order valence-electron chi connectivity index (χ1n) is 2.47. The Labute approximate surface area is 128 Å². The quantitative estimate of drug-likeness (QED) is 0.434. The molecule has 59 valence electrons. The number of hydrogen-bond donors (Lipinski definition) is 2. The second-order valence-corrected chi connectivity index (χ2v) is 5.00. The molecule has 0 aromatic carbocycles. The van der Waals surface area contributed by atoms with Gasteiger partial charge < -0.3 is 11.5 Å². The second kappa shape index (κ2) is 10.2. The fourth-order valence-electron chi connectivity index (χ4n) is 0.285. The fourth-order valence-corrected chi connectivity index (χ4v) is 1.85. The van der Waals surface area contributed by atoms with Gasteiger partial charge in [-0.3, -0.25) is 0 Å². The minimum atomic E-state index is 0. The Hall–Kier alpha value is 2.12. The van der Waals surface area contributed by atoms with Crippen molar-refractivity contribution in [2.45, 2.75) is 0 Å². The van der Waals surface area contributed by atoms with E-state index in [1.165, 1.54) is 23.5 Å². The van der Waals surface area contributed by atoms with E-state index in [4.69, 9.17) is 11.5 Å². The molecule has 0 saturated heterocycles.